The monoisotopic (exact) mass is 706 g/mol. The standard InChI is InChI=1S/C51H34N2S/c1-51(2)43-27-23-31-13-6-7-16-34(31)48(43)41-21-12-20-39(49(41)51)37-25-26-40(36-18-9-8-17-35(36)37)50-52-44(32-14-4-3-5-15-32)30-45(53-50)33-24-28-47-42(29-33)38-19-10-11-22-46(38)54-47/h3-30H,1-2H3. The van der Waals surface area contributed by atoms with Crippen LogP contribution < -0.4 is 0 Å². The molecule has 254 valence electrons. The summed E-state index contributed by atoms with van der Waals surface area (Å²) < 4.78 is 2.58. The van der Waals surface area contributed by atoms with E-state index < -0.39 is 0 Å². The second kappa shape index (κ2) is 11.8. The first-order valence-electron chi connectivity index (χ1n) is 18.6. The minimum atomic E-state index is -0.165. The highest BCUT2D eigenvalue weighted by Crippen LogP contribution is 2.55. The molecular weight excluding hydrogens is 673 g/mol. The Morgan fingerprint density at radius 2 is 1.07 bits per heavy atom. The Labute approximate surface area is 318 Å². The number of rotatable bonds is 4. The van der Waals surface area contributed by atoms with E-state index in [0.717, 1.165) is 39.3 Å². The zero-order valence-electron chi connectivity index (χ0n) is 30.0. The van der Waals surface area contributed by atoms with Crippen LogP contribution in [-0.4, -0.2) is 9.97 Å². The number of nitrogens with zero attached hydrogens (tertiary/aromatic N) is 2. The number of benzene rings is 8. The van der Waals surface area contributed by atoms with Crippen LogP contribution in [0.5, 0.6) is 0 Å². The fourth-order valence-electron chi connectivity index (χ4n) is 8.96. The first kappa shape index (κ1) is 31.1. The molecule has 0 amide bonds. The first-order valence-corrected chi connectivity index (χ1v) is 19.4. The lowest BCUT2D eigenvalue weighted by molar-refractivity contribution is 0.662. The Morgan fingerprint density at radius 3 is 1.91 bits per heavy atom. The van der Waals surface area contributed by atoms with Crippen molar-refractivity contribution < 1.29 is 0 Å². The highest BCUT2D eigenvalue weighted by atomic mass is 32.1. The van der Waals surface area contributed by atoms with Crippen molar-refractivity contribution in [2.24, 2.45) is 0 Å². The molecule has 2 nitrogen and oxygen atoms in total. The Morgan fingerprint density at radius 1 is 0.426 bits per heavy atom. The van der Waals surface area contributed by atoms with Gasteiger partial charge in [-0.2, -0.15) is 0 Å². The molecule has 0 bridgehead atoms. The van der Waals surface area contributed by atoms with E-state index in [1.807, 2.05) is 11.3 Å². The maximum atomic E-state index is 5.35. The summed E-state index contributed by atoms with van der Waals surface area (Å²) in [6.07, 6.45) is 0. The van der Waals surface area contributed by atoms with Gasteiger partial charge < -0.3 is 0 Å². The lowest BCUT2D eigenvalue weighted by Crippen LogP contribution is -2.16. The van der Waals surface area contributed by atoms with E-state index in [-0.39, 0.29) is 5.41 Å². The van der Waals surface area contributed by atoms with Gasteiger partial charge in [0.1, 0.15) is 0 Å². The van der Waals surface area contributed by atoms with Crippen molar-refractivity contribution in [1.29, 1.82) is 0 Å². The molecule has 8 aromatic carbocycles. The maximum Gasteiger partial charge on any atom is 0.161 e. The molecular formula is C51H34N2S. The normalized spacial score (nSPS) is 13.1. The van der Waals surface area contributed by atoms with Crippen LogP contribution in [0.4, 0.5) is 0 Å². The van der Waals surface area contributed by atoms with Gasteiger partial charge in [0, 0.05) is 42.3 Å². The van der Waals surface area contributed by atoms with Gasteiger partial charge in [0.2, 0.25) is 0 Å². The van der Waals surface area contributed by atoms with Crippen molar-refractivity contribution in [2.45, 2.75) is 19.3 Å². The van der Waals surface area contributed by atoms with Gasteiger partial charge in [0.15, 0.2) is 5.82 Å². The maximum absolute atomic E-state index is 5.35. The van der Waals surface area contributed by atoms with E-state index in [1.54, 1.807) is 0 Å². The molecule has 2 aromatic heterocycles. The summed E-state index contributed by atoms with van der Waals surface area (Å²) in [4.78, 5) is 10.6. The highest BCUT2D eigenvalue weighted by Gasteiger charge is 2.38. The summed E-state index contributed by atoms with van der Waals surface area (Å²) in [5.41, 5.74) is 12.8. The zero-order valence-corrected chi connectivity index (χ0v) is 30.8. The van der Waals surface area contributed by atoms with Gasteiger partial charge in [-0.25, -0.2) is 9.97 Å². The quantitative estimate of drug-likeness (QED) is 0.182. The average Bonchev–Trinajstić information content (AvgIpc) is 3.72. The summed E-state index contributed by atoms with van der Waals surface area (Å²) in [5, 5.41) is 7.48. The molecule has 0 radical (unpaired) electrons. The van der Waals surface area contributed by atoms with Crippen molar-refractivity contribution in [3.63, 3.8) is 0 Å². The number of fused-ring (bicyclic) bond motifs is 9. The van der Waals surface area contributed by atoms with Crippen molar-refractivity contribution in [1.82, 2.24) is 9.97 Å². The molecule has 0 aliphatic heterocycles. The van der Waals surface area contributed by atoms with Gasteiger partial charge in [-0.15, -0.1) is 11.3 Å². The van der Waals surface area contributed by atoms with E-state index in [1.165, 1.54) is 69.7 Å². The van der Waals surface area contributed by atoms with Crippen LogP contribution in [0.3, 0.4) is 0 Å². The van der Waals surface area contributed by atoms with Crippen molar-refractivity contribution in [3.8, 4) is 56.2 Å². The minimum absolute atomic E-state index is 0.165. The molecule has 2 heterocycles. The van der Waals surface area contributed by atoms with Crippen LogP contribution in [0.1, 0.15) is 25.0 Å². The average molecular weight is 707 g/mol. The van der Waals surface area contributed by atoms with Crippen LogP contribution in [-0.2, 0) is 5.41 Å². The Hall–Kier alpha value is -6.42. The molecule has 1 aliphatic rings. The number of hydrogen-bond acceptors (Lipinski definition) is 3. The fraction of sp³-hybridized carbons (Fsp3) is 0.0588. The van der Waals surface area contributed by atoms with E-state index in [9.17, 15) is 0 Å². The number of aromatic nitrogens is 2. The van der Waals surface area contributed by atoms with E-state index >= 15 is 0 Å². The van der Waals surface area contributed by atoms with Crippen LogP contribution >= 0.6 is 11.3 Å². The molecule has 10 aromatic rings. The molecule has 0 fully saturated rings. The van der Waals surface area contributed by atoms with Crippen LogP contribution in [0.15, 0.2) is 170 Å². The molecule has 0 saturated carbocycles. The largest absolute Gasteiger partial charge is 0.228 e. The molecule has 0 atom stereocenters. The second-order valence-corrected chi connectivity index (χ2v) is 16.0. The topological polar surface area (TPSA) is 25.8 Å². The third-order valence-electron chi connectivity index (χ3n) is 11.5. The molecule has 0 spiro atoms. The predicted octanol–water partition coefficient (Wildman–Crippen LogP) is 14.1. The van der Waals surface area contributed by atoms with Gasteiger partial charge in [0.05, 0.1) is 11.4 Å². The summed E-state index contributed by atoms with van der Waals surface area (Å²) in [7, 11) is 0. The molecule has 0 saturated heterocycles. The Kier molecular flexibility index (Phi) is 6.80. The van der Waals surface area contributed by atoms with E-state index in [0.29, 0.717) is 0 Å². The number of hydrogen-bond donors (Lipinski definition) is 0. The molecule has 11 rings (SSSR count). The Bertz CT molecular complexity index is 3130. The van der Waals surface area contributed by atoms with Gasteiger partial charge in [-0.05, 0) is 85.3 Å². The summed E-state index contributed by atoms with van der Waals surface area (Å²) in [6, 6.07) is 61.6. The second-order valence-electron chi connectivity index (χ2n) is 14.9. The first-order chi connectivity index (χ1) is 26.5. The van der Waals surface area contributed by atoms with Crippen LogP contribution in [0, 0.1) is 0 Å². The van der Waals surface area contributed by atoms with Crippen molar-refractivity contribution in [3.05, 3.63) is 181 Å². The number of thiophene rings is 1. The Balaban J connectivity index is 1.11. The molecule has 54 heavy (non-hydrogen) atoms. The highest BCUT2D eigenvalue weighted by molar-refractivity contribution is 7.25. The molecule has 0 unspecified atom stereocenters. The third kappa shape index (κ3) is 4.65. The van der Waals surface area contributed by atoms with Gasteiger partial charge in [-0.1, -0.05) is 153 Å². The molecule has 1 aliphatic carbocycles. The lowest BCUT2D eigenvalue weighted by atomic mass is 9.78. The van der Waals surface area contributed by atoms with Crippen molar-refractivity contribution in [2.75, 3.05) is 0 Å². The van der Waals surface area contributed by atoms with Gasteiger partial charge >= 0.3 is 0 Å². The molecule has 3 heteroatoms. The summed E-state index contributed by atoms with van der Waals surface area (Å²) >= 11 is 1.84. The van der Waals surface area contributed by atoms with E-state index in [4.69, 9.17) is 9.97 Å². The SMILES string of the molecule is CC1(C)c2ccc3ccccc3c2-c2cccc(-c3ccc(-c4nc(-c5ccccc5)cc(-c5ccc6sc7ccccc7c6c5)n4)c4ccccc34)c21. The van der Waals surface area contributed by atoms with Gasteiger partial charge in [-0.3, -0.25) is 0 Å². The summed E-state index contributed by atoms with van der Waals surface area (Å²) in [5.74, 6) is 0.724. The van der Waals surface area contributed by atoms with Crippen LogP contribution in [0.2, 0.25) is 0 Å². The van der Waals surface area contributed by atoms with E-state index in [2.05, 4.69) is 184 Å². The lowest BCUT2D eigenvalue weighted by Gasteiger charge is -2.25. The summed E-state index contributed by atoms with van der Waals surface area (Å²) in [6.45, 7) is 4.76. The third-order valence-corrected chi connectivity index (χ3v) is 12.6. The smallest absolute Gasteiger partial charge is 0.161 e. The predicted molar refractivity (Wildman–Crippen MR) is 229 cm³/mol. The molecule has 0 N–H and O–H groups in total. The van der Waals surface area contributed by atoms with Crippen LogP contribution in [0.25, 0.3) is 97.9 Å². The van der Waals surface area contributed by atoms with Crippen molar-refractivity contribution >= 4 is 53.1 Å². The van der Waals surface area contributed by atoms with Gasteiger partial charge in [0.25, 0.3) is 0 Å². The zero-order chi connectivity index (χ0) is 36.0. The fourth-order valence-corrected chi connectivity index (χ4v) is 10.0. The minimum Gasteiger partial charge on any atom is -0.228 e.